The van der Waals surface area contributed by atoms with Crippen molar-refractivity contribution in [3.63, 3.8) is 0 Å². The highest BCUT2D eigenvalue weighted by atomic mass is 15.0. The molecular formula is C18H32N2. The van der Waals surface area contributed by atoms with Crippen LogP contribution in [0.25, 0.3) is 0 Å². The maximum atomic E-state index is 6.36. The van der Waals surface area contributed by atoms with E-state index in [1.807, 2.05) is 0 Å². The van der Waals surface area contributed by atoms with Crippen LogP contribution in [-0.2, 0) is 6.42 Å². The zero-order valence-electron chi connectivity index (χ0n) is 13.9. The molecule has 2 heteroatoms. The van der Waals surface area contributed by atoms with Gasteiger partial charge in [0, 0.05) is 24.0 Å². The lowest BCUT2D eigenvalue weighted by Crippen LogP contribution is -2.30. The predicted molar refractivity (Wildman–Crippen MR) is 86.9 cm³/mol. The van der Waals surface area contributed by atoms with Crippen LogP contribution in [0.1, 0.15) is 83.6 Å². The van der Waals surface area contributed by atoms with Crippen LogP contribution in [0, 0.1) is 11.3 Å². The van der Waals surface area contributed by atoms with Gasteiger partial charge in [0.25, 0.3) is 0 Å². The zero-order chi connectivity index (χ0) is 14.9. The summed E-state index contributed by atoms with van der Waals surface area (Å²) in [5.74, 6) is 0.813. The second-order valence-corrected chi connectivity index (χ2v) is 7.95. The number of hydrogen-bond donors (Lipinski definition) is 1. The fourth-order valence-corrected chi connectivity index (χ4v) is 3.63. The Hall–Kier alpha value is -0.760. The average molecular weight is 276 g/mol. The van der Waals surface area contributed by atoms with Crippen molar-refractivity contribution in [3.8, 4) is 0 Å². The van der Waals surface area contributed by atoms with Crippen LogP contribution in [0.2, 0.25) is 0 Å². The highest BCUT2D eigenvalue weighted by Gasteiger charge is 2.32. The van der Waals surface area contributed by atoms with Crippen molar-refractivity contribution in [3.05, 3.63) is 23.5 Å². The van der Waals surface area contributed by atoms with E-state index in [2.05, 4.69) is 51.4 Å². The molecule has 2 nitrogen and oxygen atoms in total. The summed E-state index contributed by atoms with van der Waals surface area (Å²) in [5.41, 5.74) is 9.58. The second-order valence-electron chi connectivity index (χ2n) is 7.95. The van der Waals surface area contributed by atoms with E-state index in [0.717, 1.165) is 18.8 Å². The summed E-state index contributed by atoms with van der Waals surface area (Å²) in [6.45, 7) is 11.7. The molecule has 2 unspecified atom stereocenters. The fourth-order valence-electron chi connectivity index (χ4n) is 3.63. The van der Waals surface area contributed by atoms with E-state index in [-0.39, 0.29) is 6.04 Å². The Balaban J connectivity index is 2.10. The van der Waals surface area contributed by atoms with Crippen molar-refractivity contribution in [1.82, 2.24) is 4.57 Å². The summed E-state index contributed by atoms with van der Waals surface area (Å²) in [4.78, 5) is 0. The van der Waals surface area contributed by atoms with Gasteiger partial charge in [0.15, 0.2) is 0 Å². The number of rotatable bonds is 5. The molecule has 1 aliphatic carbocycles. The molecule has 1 heterocycles. The monoisotopic (exact) mass is 276 g/mol. The van der Waals surface area contributed by atoms with Gasteiger partial charge in [-0.2, -0.15) is 0 Å². The minimum atomic E-state index is 0.220. The lowest BCUT2D eigenvalue weighted by Gasteiger charge is -2.35. The molecule has 2 rings (SSSR count). The van der Waals surface area contributed by atoms with Crippen molar-refractivity contribution in [1.29, 1.82) is 0 Å². The largest absolute Gasteiger partial charge is 0.348 e. The van der Waals surface area contributed by atoms with Crippen LogP contribution in [0.3, 0.4) is 0 Å². The molecule has 1 aromatic heterocycles. The molecule has 20 heavy (non-hydrogen) atoms. The van der Waals surface area contributed by atoms with Crippen LogP contribution < -0.4 is 5.73 Å². The molecule has 1 aliphatic rings. The van der Waals surface area contributed by atoms with Gasteiger partial charge in [-0.1, -0.05) is 40.5 Å². The molecule has 0 bridgehead atoms. The van der Waals surface area contributed by atoms with Crippen LogP contribution in [0.4, 0.5) is 0 Å². The summed E-state index contributed by atoms with van der Waals surface area (Å²) in [5, 5.41) is 0. The highest BCUT2D eigenvalue weighted by molar-refractivity contribution is 5.30. The molecule has 2 atom stereocenters. The molecule has 0 radical (unpaired) electrons. The molecule has 0 aliphatic heterocycles. The first-order valence-corrected chi connectivity index (χ1v) is 8.25. The molecule has 114 valence electrons. The van der Waals surface area contributed by atoms with Crippen molar-refractivity contribution in [2.45, 2.75) is 78.8 Å². The summed E-state index contributed by atoms with van der Waals surface area (Å²) < 4.78 is 2.50. The molecule has 0 saturated carbocycles. The number of nitrogens with zero attached hydrogens (tertiary/aromatic N) is 1. The zero-order valence-corrected chi connectivity index (χ0v) is 13.9. The highest BCUT2D eigenvalue weighted by Crippen LogP contribution is 2.41. The fraction of sp³-hybridized carbons (Fsp3) is 0.778. The Morgan fingerprint density at radius 1 is 1.30 bits per heavy atom. The normalized spacial score (nSPS) is 22.9. The molecular weight excluding hydrogens is 244 g/mol. The summed E-state index contributed by atoms with van der Waals surface area (Å²) in [6.07, 6.45) is 8.46. The Morgan fingerprint density at radius 2 is 2.00 bits per heavy atom. The van der Waals surface area contributed by atoms with Gasteiger partial charge in [-0.3, -0.25) is 0 Å². The van der Waals surface area contributed by atoms with E-state index in [9.17, 15) is 0 Å². The number of hydrogen-bond acceptors (Lipinski definition) is 1. The van der Waals surface area contributed by atoms with Gasteiger partial charge in [0.2, 0.25) is 0 Å². The standard InChI is InChI=1S/C18H32N2/c1-13(2)7-6-8-14(3)20-10-9-15-16(19)11-18(4,5)12-17(15)20/h9-10,13-14,16H,6-8,11-12,19H2,1-5H3. The first-order valence-electron chi connectivity index (χ1n) is 8.25. The minimum absolute atomic E-state index is 0.220. The first kappa shape index (κ1) is 15.6. The van der Waals surface area contributed by atoms with Crippen LogP contribution in [-0.4, -0.2) is 4.57 Å². The van der Waals surface area contributed by atoms with Gasteiger partial charge in [0.05, 0.1) is 0 Å². The third-order valence-electron chi connectivity index (χ3n) is 4.76. The van der Waals surface area contributed by atoms with E-state index >= 15 is 0 Å². The quantitative estimate of drug-likeness (QED) is 0.819. The van der Waals surface area contributed by atoms with Gasteiger partial charge in [-0.15, -0.1) is 0 Å². The third-order valence-corrected chi connectivity index (χ3v) is 4.76. The molecule has 0 saturated heterocycles. The topological polar surface area (TPSA) is 30.9 Å². The molecule has 0 amide bonds. The van der Waals surface area contributed by atoms with E-state index in [4.69, 9.17) is 5.73 Å². The van der Waals surface area contributed by atoms with Crippen LogP contribution in [0.5, 0.6) is 0 Å². The van der Waals surface area contributed by atoms with E-state index < -0.39 is 0 Å². The first-order chi connectivity index (χ1) is 9.30. The van der Waals surface area contributed by atoms with E-state index in [1.54, 1.807) is 0 Å². The summed E-state index contributed by atoms with van der Waals surface area (Å²) >= 11 is 0. The van der Waals surface area contributed by atoms with E-state index in [1.165, 1.54) is 30.5 Å². The predicted octanol–water partition coefficient (Wildman–Crippen LogP) is 4.85. The Bertz CT molecular complexity index is 442. The van der Waals surface area contributed by atoms with Crippen molar-refractivity contribution >= 4 is 0 Å². The number of nitrogens with two attached hydrogens (primary N) is 1. The van der Waals surface area contributed by atoms with Gasteiger partial charge >= 0.3 is 0 Å². The Kier molecular flexibility index (Phi) is 4.63. The Labute approximate surface area is 124 Å². The lowest BCUT2D eigenvalue weighted by molar-refractivity contribution is 0.271. The number of fused-ring (bicyclic) bond motifs is 1. The molecule has 0 fully saturated rings. The lowest BCUT2D eigenvalue weighted by atomic mass is 9.74. The summed E-state index contributed by atoms with van der Waals surface area (Å²) in [6, 6.07) is 3.07. The molecule has 0 spiro atoms. The maximum Gasteiger partial charge on any atom is 0.0318 e. The van der Waals surface area contributed by atoms with Gasteiger partial charge in [0.1, 0.15) is 0 Å². The molecule has 2 N–H and O–H groups in total. The van der Waals surface area contributed by atoms with Gasteiger partial charge in [-0.05, 0) is 49.1 Å². The molecule has 0 aromatic carbocycles. The maximum absolute atomic E-state index is 6.36. The third kappa shape index (κ3) is 3.46. The van der Waals surface area contributed by atoms with E-state index in [0.29, 0.717) is 11.5 Å². The Morgan fingerprint density at radius 3 is 2.65 bits per heavy atom. The van der Waals surface area contributed by atoms with Crippen LogP contribution in [0.15, 0.2) is 12.3 Å². The van der Waals surface area contributed by atoms with Crippen molar-refractivity contribution in [2.24, 2.45) is 17.1 Å². The van der Waals surface area contributed by atoms with Crippen molar-refractivity contribution < 1.29 is 0 Å². The second kappa shape index (κ2) is 5.93. The minimum Gasteiger partial charge on any atom is -0.348 e. The summed E-state index contributed by atoms with van der Waals surface area (Å²) in [7, 11) is 0. The van der Waals surface area contributed by atoms with Gasteiger partial charge < -0.3 is 10.3 Å². The average Bonchev–Trinajstić information content (AvgIpc) is 2.70. The van der Waals surface area contributed by atoms with Crippen LogP contribution >= 0.6 is 0 Å². The number of aromatic nitrogens is 1. The van der Waals surface area contributed by atoms with Crippen molar-refractivity contribution in [2.75, 3.05) is 0 Å². The smallest absolute Gasteiger partial charge is 0.0318 e. The molecule has 1 aromatic rings. The SMILES string of the molecule is CC(C)CCCC(C)n1ccc2c1CC(C)(C)CC2N. The van der Waals surface area contributed by atoms with Gasteiger partial charge in [-0.25, -0.2) is 0 Å².